The van der Waals surface area contributed by atoms with Crippen molar-refractivity contribution in [1.29, 1.82) is 0 Å². The molecular weight excluding hydrogens is 164 g/mol. The van der Waals surface area contributed by atoms with Gasteiger partial charge in [-0.15, -0.1) is 0 Å². The van der Waals surface area contributed by atoms with E-state index in [1.54, 1.807) is 6.92 Å². The first-order chi connectivity index (χ1) is 5.68. The lowest BCUT2D eigenvalue weighted by Gasteiger charge is -2.08. The summed E-state index contributed by atoms with van der Waals surface area (Å²) in [5.41, 5.74) is 0. The Bertz CT molecular complexity index is 220. The van der Waals surface area contributed by atoms with E-state index in [4.69, 9.17) is 4.74 Å². The Morgan fingerprint density at radius 2 is 2.00 bits per heavy atom. The summed E-state index contributed by atoms with van der Waals surface area (Å²) in [6.45, 7) is 1.67. The zero-order valence-corrected chi connectivity index (χ0v) is 6.48. The highest BCUT2D eigenvalue weighted by molar-refractivity contribution is 5.91. The number of carbonyl (C=O) groups excluding carboxylic acids is 2. The molecule has 0 saturated carbocycles. The summed E-state index contributed by atoms with van der Waals surface area (Å²) in [6, 6.07) is 0. The van der Waals surface area contributed by atoms with E-state index in [1.807, 2.05) is 0 Å². The first-order valence-electron chi connectivity index (χ1n) is 3.40. The number of hydrogen-bond acceptors (Lipinski definition) is 5. The number of esters is 1. The van der Waals surface area contributed by atoms with Crippen molar-refractivity contribution >= 4 is 11.9 Å². The molecule has 0 N–H and O–H groups in total. The molecule has 0 radical (unpaired) electrons. The molecule has 66 valence electrons. The number of ether oxygens (including phenoxy) is 1. The largest absolute Gasteiger partial charge is 0.457 e. The third kappa shape index (κ3) is 2.71. The maximum absolute atomic E-state index is 10.8. The first kappa shape index (κ1) is 8.73. The minimum atomic E-state index is -0.721. The van der Waals surface area contributed by atoms with Crippen LogP contribution < -0.4 is 0 Å². The van der Waals surface area contributed by atoms with Gasteiger partial charge in [0.05, 0.1) is 0 Å². The average molecular weight is 172 g/mol. The van der Waals surface area contributed by atoms with E-state index >= 15 is 0 Å². The van der Waals surface area contributed by atoms with Crippen molar-refractivity contribution in [2.45, 2.75) is 13.0 Å². The van der Waals surface area contributed by atoms with Crippen molar-refractivity contribution in [3.05, 3.63) is 12.2 Å². The lowest BCUT2D eigenvalue weighted by molar-refractivity contribution is -0.275. The van der Waals surface area contributed by atoms with Gasteiger partial charge in [-0.3, -0.25) is 4.89 Å². The van der Waals surface area contributed by atoms with E-state index in [2.05, 4.69) is 9.78 Å². The molecular formula is C7H8O5. The van der Waals surface area contributed by atoms with Gasteiger partial charge in [0.2, 0.25) is 0 Å². The maximum Gasteiger partial charge on any atom is 0.366 e. The molecule has 0 amide bonds. The summed E-state index contributed by atoms with van der Waals surface area (Å²) in [4.78, 5) is 30.0. The highest BCUT2D eigenvalue weighted by Crippen LogP contribution is 1.98. The standard InChI is InChI=1S/C7H8O5/c1-5-4-10-12-7(9)3-2-6(8)11-5/h2-3,5H,4H2,1H3/b3-2-. The number of hydrogen-bond donors (Lipinski definition) is 0. The normalized spacial score (nSPS) is 27.6. The highest BCUT2D eigenvalue weighted by atomic mass is 17.2. The van der Waals surface area contributed by atoms with Crippen LogP contribution in [0.1, 0.15) is 6.92 Å². The van der Waals surface area contributed by atoms with Crippen LogP contribution in [-0.4, -0.2) is 24.6 Å². The van der Waals surface area contributed by atoms with Gasteiger partial charge in [0.1, 0.15) is 12.7 Å². The Hall–Kier alpha value is -1.36. The fraction of sp³-hybridized carbons (Fsp3) is 0.429. The van der Waals surface area contributed by atoms with Gasteiger partial charge in [0.15, 0.2) is 0 Å². The van der Waals surface area contributed by atoms with E-state index in [0.29, 0.717) is 0 Å². The fourth-order valence-corrected chi connectivity index (χ4v) is 0.623. The molecule has 0 aromatic rings. The van der Waals surface area contributed by atoms with Crippen molar-refractivity contribution in [3.8, 4) is 0 Å². The molecule has 5 nitrogen and oxygen atoms in total. The van der Waals surface area contributed by atoms with Gasteiger partial charge in [-0.05, 0) is 6.92 Å². The minimum absolute atomic E-state index is 0.0408. The molecule has 1 heterocycles. The third-order valence-electron chi connectivity index (χ3n) is 1.12. The third-order valence-corrected chi connectivity index (χ3v) is 1.12. The van der Waals surface area contributed by atoms with Gasteiger partial charge in [0, 0.05) is 12.2 Å². The lowest BCUT2D eigenvalue weighted by atomic mass is 10.4. The van der Waals surface area contributed by atoms with Crippen LogP contribution in [0.5, 0.6) is 0 Å². The quantitative estimate of drug-likeness (QED) is 0.379. The van der Waals surface area contributed by atoms with E-state index < -0.39 is 18.0 Å². The van der Waals surface area contributed by atoms with Crippen LogP contribution >= 0.6 is 0 Å². The number of rotatable bonds is 0. The van der Waals surface area contributed by atoms with Crippen molar-refractivity contribution in [3.63, 3.8) is 0 Å². The van der Waals surface area contributed by atoms with E-state index in [0.717, 1.165) is 12.2 Å². The predicted molar refractivity (Wildman–Crippen MR) is 36.7 cm³/mol. The SMILES string of the molecule is CC1COOC(=O)/C=C\C(=O)O1. The molecule has 1 atom stereocenters. The van der Waals surface area contributed by atoms with Gasteiger partial charge in [-0.25, -0.2) is 9.59 Å². The zero-order valence-electron chi connectivity index (χ0n) is 6.48. The predicted octanol–water partition coefficient (Wildman–Crippen LogP) is -0.0373. The van der Waals surface area contributed by atoms with Crippen molar-refractivity contribution in [2.24, 2.45) is 0 Å². The second kappa shape index (κ2) is 3.87. The Balaban J connectivity index is 2.60. The smallest absolute Gasteiger partial charge is 0.366 e. The molecule has 0 aliphatic carbocycles. The topological polar surface area (TPSA) is 61.8 Å². The molecule has 0 aromatic heterocycles. The minimum Gasteiger partial charge on any atom is -0.457 e. The molecule has 1 unspecified atom stereocenters. The van der Waals surface area contributed by atoms with E-state index in [1.165, 1.54) is 0 Å². The molecule has 0 bridgehead atoms. The van der Waals surface area contributed by atoms with Crippen LogP contribution in [0.15, 0.2) is 12.2 Å². The molecule has 1 aliphatic heterocycles. The molecule has 12 heavy (non-hydrogen) atoms. The summed E-state index contributed by atoms with van der Waals surface area (Å²) in [5, 5.41) is 0. The van der Waals surface area contributed by atoms with Gasteiger partial charge < -0.3 is 4.74 Å². The van der Waals surface area contributed by atoms with Gasteiger partial charge in [-0.2, -0.15) is 4.89 Å². The Morgan fingerprint density at radius 1 is 1.33 bits per heavy atom. The highest BCUT2D eigenvalue weighted by Gasteiger charge is 2.12. The van der Waals surface area contributed by atoms with Crippen LogP contribution in [0.4, 0.5) is 0 Å². The lowest BCUT2D eigenvalue weighted by Crippen LogP contribution is -2.18. The van der Waals surface area contributed by atoms with Crippen LogP contribution in [-0.2, 0) is 24.1 Å². The number of cyclic esters (lactones) is 1. The summed E-state index contributed by atoms with van der Waals surface area (Å²) in [6.07, 6.45) is 1.52. The summed E-state index contributed by atoms with van der Waals surface area (Å²) in [7, 11) is 0. The maximum atomic E-state index is 10.8. The second-order valence-electron chi connectivity index (χ2n) is 2.27. The monoisotopic (exact) mass is 172 g/mol. The second-order valence-corrected chi connectivity index (χ2v) is 2.27. The Labute approximate surface area is 68.8 Å². The van der Waals surface area contributed by atoms with E-state index in [-0.39, 0.29) is 6.61 Å². The van der Waals surface area contributed by atoms with Crippen LogP contribution in [0, 0.1) is 0 Å². The molecule has 0 fully saturated rings. The average Bonchev–Trinajstić information content (AvgIpc) is 2.05. The van der Waals surface area contributed by atoms with Crippen molar-refractivity contribution < 1.29 is 24.1 Å². The van der Waals surface area contributed by atoms with Gasteiger partial charge >= 0.3 is 11.9 Å². The molecule has 0 saturated heterocycles. The Kier molecular flexibility index (Phi) is 2.82. The first-order valence-corrected chi connectivity index (χ1v) is 3.40. The van der Waals surface area contributed by atoms with Crippen molar-refractivity contribution in [1.82, 2.24) is 0 Å². The van der Waals surface area contributed by atoms with E-state index in [9.17, 15) is 9.59 Å². The molecule has 0 spiro atoms. The summed E-state index contributed by atoms with van der Waals surface area (Å²) in [5.74, 6) is -1.30. The van der Waals surface area contributed by atoms with Gasteiger partial charge in [-0.1, -0.05) is 0 Å². The number of carbonyl (C=O) groups is 2. The van der Waals surface area contributed by atoms with Gasteiger partial charge in [0.25, 0.3) is 0 Å². The molecule has 5 heteroatoms. The summed E-state index contributed by atoms with van der Waals surface area (Å²) >= 11 is 0. The summed E-state index contributed by atoms with van der Waals surface area (Å²) < 4.78 is 4.74. The van der Waals surface area contributed by atoms with Crippen LogP contribution in [0.2, 0.25) is 0 Å². The van der Waals surface area contributed by atoms with Crippen molar-refractivity contribution in [2.75, 3.05) is 6.61 Å². The molecule has 0 aromatic carbocycles. The molecule has 1 rings (SSSR count). The van der Waals surface area contributed by atoms with Crippen LogP contribution in [0.25, 0.3) is 0 Å². The Morgan fingerprint density at radius 3 is 2.75 bits per heavy atom. The fourth-order valence-electron chi connectivity index (χ4n) is 0.623. The van der Waals surface area contributed by atoms with Crippen LogP contribution in [0.3, 0.4) is 0 Å². The molecule has 1 aliphatic rings. The zero-order chi connectivity index (χ0) is 8.97.